The van der Waals surface area contributed by atoms with Crippen LogP contribution in [0.3, 0.4) is 0 Å². The molecular weight excluding hydrogens is 124 g/mol. The molecule has 0 bridgehead atoms. The summed E-state index contributed by atoms with van der Waals surface area (Å²) in [5, 5.41) is 0. The minimum absolute atomic E-state index is 0.598. The van der Waals surface area contributed by atoms with Crippen molar-refractivity contribution in [1.29, 1.82) is 0 Å². The molecule has 0 unspecified atom stereocenters. The van der Waals surface area contributed by atoms with E-state index < -0.39 is 0 Å². The monoisotopic (exact) mass is 139 g/mol. The van der Waals surface area contributed by atoms with Gasteiger partial charge in [-0.25, -0.2) is 9.55 Å². The third-order valence-electron chi connectivity index (χ3n) is 1.91. The SMILES string of the molecule is Cc1c(C(C)C)[nH]c[n+]1C. The number of rotatable bonds is 1. The topological polar surface area (TPSA) is 19.7 Å². The van der Waals surface area contributed by atoms with Crippen molar-refractivity contribution in [2.45, 2.75) is 26.7 Å². The molecular formula is C8H15N2+. The maximum Gasteiger partial charge on any atom is 0.241 e. The van der Waals surface area contributed by atoms with Gasteiger partial charge in [-0.05, 0) is 0 Å². The number of nitrogens with zero attached hydrogens (tertiary/aromatic N) is 1. The minimum Gasteiger partial charge on any atom is -0.247 e. The maximum absolute atomic E-state index is 3.24. The standard InChI is InChI=1S/C8H14N2/c1-6(2)8-7(3)10(4)5-9-8/h5-6H,1-4H3/p+1. The van der Waals surface area contributed by atoms with Crippen LogP contribution in [0, 0.1) is 6.92 Å². The Morgan fingerprint density at radius 1 is 1.50 bits per heavy atom. The molecule has 10 heavy (non-hydrogen) atoms. The van der Waals surface area contributed by atoms with Crippen molar-refractivity contribution in [2.24, 2.45) is 7.05 Å². The summed E-state index contributed by atoms with van der Waals surface area (Å²) in [5.74, 6) is 0.598. The van der Waals surface area contributed by atoms with E-state index in [4.69, 9.17) is 0 Å². The second kappa shape index (κ2) is 2.45. The molecule has 2 heteroatoms. The van der Waals surface area contributed by atoms with E-state index in [9.17, 15) is 0 Å². The Hall–Kier alpha value is -0.790. The predicted molar refractivity (Wildman–Crippen MR) is 40.8 cm³/mol. The molecule has 0 saturated heterocycles. The fourth-order valence-corrected chi connectivity index (χ4v) is 1.14. The number of hydrogen-bond donors (Lipinski definition) is 1. The molecule has 56 valence electrons. The van der Waals surface area contributed by atoms with Crippen molar-refractivity contribution in [3.63, 3.8) is 0 Å². The Kier molecular flexibility index (Phi) is 1.79. The van der Waals surface area contributed by atoms with E-state index in [1.807, 2.05) is 6.33 Å². The van der Waals surface area contributed by atoms with E-state index in [1.165, 1.54) is 11.4 Å². The van der Waals surface area contributed by atoms with E-state index >= 15 is 0 Å². The molecule has 1 rings (SSSR count). The largest absolute Gasteiger partial charge is 0.247 e. The first-order chi connectivity index (χ1) is 4.63. The van der Waals surface area contributed by atoms with E-state index in [0.717, 1.165) is 0 Å². The fraction of sp³-hybridized carbons (Fsp3) is 0.625. The summed E-state index contributed by atoms with van der Waals surface area (Å²) in [4.78, 5) is 3.24. The van der Waals surface area contributed by atoms with Gasteiger partial charge in [-0.1, -0.05) is 13.8 Å². The van der Waals surface area contributed by atoms with E-state index in [0.29, 0.717) is 5.92 Å². The lowest BCUT2D eigenvalue weighted by Gasteiger charge is -1.96. The first-order valence-corrected chi connectivity index (χ1v) is 3.66. The molecule has 0 aliphatic carbocycles. The molecule has 0 aliphatic heterocycles. The number of hydrogen-bond acceptors (Lipinski definition) is 0. The van der Waals surface area contributed by atoms with E-state index in [2.05, 4.69) is 37.4 Å². The zero-order chi connectivity index (χ0) is 7.72. The minimum atomic E-state index is 0.598. The Bertz CT molecular complexity index is 223. The van der Waals surface area contributed by atoms with Crippen LogP contribution in [0.4, 0.5) is 0 Å². The molecule has 1 heterocycles. The smallest absolute Gasteiger partial charge is 0.241 e. The average molecular weight is 139 g/mol. The van der Waals surface area contributed by atoms with Gasteiger partial charge in [0.2, 0.25) is 6.33 Å². The van der Waals surface area contributed by atoms with Gasteiger partial charge in [0.25, 0.3) is 0 Å². The van der Waals surface area contributed by atoms with Crippen LogP contribution in [0.5, 0.6) is 0 Å². The lowest BCUT2D eigenvalue weighted by atomic mass is 10.1. The first kappa shape index (κ1) is 7.32. The highest BCUT2D eigenvalue weighted by atomic mass is 15.0. The summed E-state index contributed by atoms with van der Waals surface area (Å²) < 4.78 is 2.11. The molecule has 0 fully saturated rings. The summed E-state index contributed by atoms with van der Waals surface area (Å²) in [7, 11) is 2.05. The van der Waals surface area contributed by atoms with Crippen molar-refractivity contribution in [3.05, 3.63) is 17.7 Å². The summed E-state index contributed by atoms with van der Waals surface area (Å²) in [5.41, 5.74) is 2.66. The van der Waals surface area contributed by atoms with Gasteiger partial charge in [-0.3, -0.25) is 0 Å². The molecule has 0 aliphatic rings. The molecule has 1 aromatic heterocycles. The van der Waals surface area contributed by atoms with Gasteiger partial charge in [0.05, 0.1) is 7.05 Å². The average Bonchev–Trinajstić information content (AvgIpc) is 2.14. The van der Waals surface area contributed by atoms with Crippen LogP contribution < -0.4 is 4.57 Å². The summed E-state index contributed by atoms with van der Waals surface area (Å²) in [6, 6.07) is 0. The second-order valence-corrected chi connectivity index (χ2v) is 3.04. The highest BCUT2D eigenvalue weighted by Gasteiger charge is 2.12. The van der Waals surface area contributed by atoms with Gasteiger partial charge in [-0.15, -0.1) is 0 Å². The van der Waals surface area contributed by atoms with Crippen LogP contribution in [-0.2, 0) is 7.05 Å². The second-order valence-electron chi connectivity index (χ2n) is 3.04. The molecule has 1 N–H and O–H groups in total. The van der Waals surface area contributed by atoms with Crippen molar-refractivity contribution < 1.29 is 4.57 Å². The van der Waals surface area contributed by atoms with Gasteiger partial charge in [0.1, 0.15) is 11.4 Å². The van der Waals surface area contributed by atoms with Gasteiger partial charge >= 0.3 is 0 Å². The third-order valence-corrected chi connectivity index (χ3v) is 1.91. The molecule has 2 nitrogen and oxygen atoms in total. The van der Waals surface area contributed by atoms with Crippen LogP contribution in [-0.4, -0.2) is 4.98 Å². The highest BCUT2D eigenvalue weighted by molar-refractivity contribution is 5.07. The number of aromatic nitrogens is 2. The van der Waals surface area contributed by atoms with Gasteiger partial charge in [-0.2, -0.15) is 0 Å². The van der Waals surface area contributed by atoms with Crippen LogP contribution in [0.1, 0.15) is 31.2 Å². The van der Waals surface area contributed by atoms with Gasteiger partial charge < -0.3 is 0 Å². The number of imidazole rings is 1. The first-order valence-electron chi connectivity index (χ1n) is 3.66. The lowest BCUT2D eigenvalue weighted by molar-refractivity contribution is -0.676. The zero-order valence-electron chi connectivity index (χ0n) is 7.10. The molecule has 0 amide bonds. The number of aryl methyl sites for hydroxylation is 1. The van der Waals surface area contributed by atoms with Crippen LogP contribution in [0.2, 0.25) is 0 Å². The molecule has 0 saturated carbocycles. The molecule has 1 aromatic rings. The van der Waals surface area contributed by atoms with Crippen LogP contribution in [0.15, 0.2) is 6.33 Å². The van der Waals surface area contributed by atoms with Gasteiger partial charge in [0.15, 0.2) is 0 Å². The van der Waals surface area contributed by atoms with Gasteiger partial charge in [0, 0.05) is 12.8 Å². The molecule has 0 atom stereocenters. The number of aromatic amines is 1. The molecule has 0 radical (unpaired) electrons. The highest BCUT2D eigenvalue weighted by Crippen LogP contribution is 2.11. The van der Waals surface area contributed by atoms with Crippen molar-refractivity contribution >= 4 is 0 Å². The summed E-state index contributed by atoms with van der Waals surface area (Å²) in [6.07, 6.45) is 1.99. The number of H-pyrrole nitrogens is 1. The van der Waals surface area contributed by atoms with Crippen molar-refractivity contribution in [1.82, 2.24) is 4.98 Å². The van der Waals surface area contributed by atoms with Crippen molar-refractivity contribution in [3.8, 4) is 0 Å². The Balaban J connectivity index is 3.05. The Morgan fingerprint density at radius 2 is 2.10 bits per heavy atom. The zero-order valence-corrected chi connectivity index (χ0v) is 7.10. The molecule has 0 spiro atoms. The fourth-order valence-electron chi connectivity index (χ4n) is 1.14. The summed E-state index contributed by atoms with van der Waals surface area (Å²) >= 11 is 0. The third kappa shape index (κ3) is 1.06. The van der Waals surface area contributed by atoms with Crippen molar-refractivity contribution in [2.75, 3.05) is 0 Å². The van der Waals surface area contributed by atoms with E-state index in [1.54, 1.807) is 0 Å². The van der Waals surface area contributed by atoms with Crippen LogP contribution >= 0.6 is 0 Å². The predicted octanol–water partition coefficient (Wildman–Crippen LogP) is 1.27. The van der Waals surface area contributed by atoms with Crippen LogP contribution in [0.25, 0.3) is 0 Å². The lowest BCUT2D eigenvalue weighted by Crippen LogP contribution is -2.28. The Labute approximate surface area is 61.9 Å². The molecule has 0 aromatic carbocycles. The maximum atomic E-state index is 3.24. The van der Waals surface area contributed by atoms with E-state index in [-0.39, 0.29) is 0 Å². The normalized spacial score (nSPS) is 10.9. The summed E-state index contributed by atoms with van der Waals surface area (Å²) in [6.45, 7) is 6.52. The Morgan fingerprint density at radius 3 is 2.30 bits per heavy atom. The quantitative estimate of drug-likeness (QED) is 0.565. The number of nitrogens with one attached hydrogen (secondary N) is 1.